The maximum atomic E-state index is 12.4. The fraction of sp³-hybridized carbons (Fsp3) is 0.458. The van der Waals surface area contributed by atoms with Crippen molar-refractivity contribution in [3.63, 3.8) is 0 Å². The Hall–Kier alpha value is -2.62. The number of nitrogens with zero attached hydrogens (tertiary/aromatic N) is 2. The lowest BCUT2D eigenvalue weighted by atomic mass is 9.86. The van der Waals surface area contributed by atoms with Gasteiger partial charge in [0.1, 0.15) is 0 Å². The van der Waals surface area contributed by atoms with Gasteiger partial charge in [0, 0.05) is 23.8 Å². The first-order valence-corrected chi connectivity index (χ1v) is 13.0. The summed E-state index contributed by atoms with van der Waals surface area (Å²) in [6.07, 6.45) is 3.80. The van der Waals surface area contributed by atoms with Crippen molar-refractivity contribution in [3.8, 4) is 0 Å². The van der Waals surface area contributed by atoms with E-state index in [9.17, 15) is 8.42 Å². The third-order valence-electron chi connectivity index (χ3n) is 6.26. The molecule has 1 heterocycles. The van der Waals surface area contributed by atoms with E-state index < -0.39 is 14.8 Å². The molecular weight excluding hydrogens is 436 g/mol. The summed E-state index contributed by atoms with van der Waals surface area (Å²) in [7, 11) is -3.29. The maximum absolute atomic E-state index is 12.4. The minimum absolute atomic E-state index is 0.0479. The second-order valence-electron chi connectivity index (χ2n) is 9.74. The highest BCUT2D eigenvalue weighted by Gasteiger charge is 2.32. The zero-order chi connectivity index (χ0) is 23.5. The van der Waals surface area contributed by atoms with Gasteiger partial charge in [0.15, 0.2) is 5.84 Å². The monoisotopic (exact) mass is 470 g/mol. The second kappa shape index (κ2) is 9.70. The van der Waals surface area contributed by atoms with Crippen LogP contribution in [0.2, 0.25) is 0 Å². The molecule has 2 aliphatic rings. The Morgan fingerprint density at radius 1 is 1.00 bits per heavy atom. The molecule has 2 aromatic carbocycles. The molecule has 0 atom stereocenters. The Labute approximate surface area is 196 Å². The molecule has 1 saturated carbocycles. The molecular formula is C24H34N6O2S. The Morgan fingerprint density at radius 2 is 1.67 bits per heavy atom. The molecule has 4 N–H and O–H groups in total. The van der Waals surface area contributed by atoms with Crippen LogP contribution in [-0.4, -0.2) is 31.6 Å². The summed E-state index contributed by atoms with van der Waals surface area (Å²) in [6.45, 7) is 6.10. The van der Waals surface area contributed by atoms with Gasteiger partial charge in [-0.15, -0.1) is 10.6 Å². The quantitative estimate of drug-likeness (QED) is 0.494. The standard InChI is InChI=1S/C24H34N6O2S/c1-24(2,3)33(31,32)27-21-13-9-18(10-14-21)17-25-20-15-11-19(12-16-20)23-26-28-29-30(23)22-7-5-4-6-8-22/h4-8,11-12,15-16,18,21,25,27-29H,9-10,13-14,17H2,1-3H3. The van der Waals surface area contributed by atoms with Crippen molar-refractivity contribution in [1.82, 2.24) is 15.8 Å². The number of benzene rings is 2. The van der Waals surface area contributed by atoms with Crippen LogP contribution < -0.4 is 26.1 Å². The highest BCUT2D eigenvalue weighted by molar-refractivity contribution is 7.90. The molecule has 0 aromatic heterocycles. The minimum Gasteiger partial charge on any atom is -0.385 e. The number of hydrogen-bond donors (Lipinski definition) is 4. The molecule has 0 amide bonds. The Balaban J connectivity index is 1.27. The van der Waals surface area contributed by atoms with E-state index >= 15 is 0 Å². The third-order valence-corrected chi connectivity index (χ3v) is 8.52. The van der Waals surface area contributed by atoms with E-state index in [0.29, 0.717) is 5.92 Å². The van der Waals surface area contributed by atoms with Crippen LogP contribution in [0.25, 0.3) is 0 Å². The van der Waals surface area contributed by atoms with E-state index in [1.54, 1.807) is 20.8 Å². The molecule has 2 aromatic rings. The molecule has 8 nitrogen and oxygen atoms in total. The van der Waals surface area contributed by atoms with Crippen LogP contribution in [0.4, 0.5) is 11.4 Å². The molecule has 178 valence electrons. The number of rotatable bonds is 7. The van der Waals surface area contributed by atoms with Crippen molar-refractivity contribution in [2.45, 2.75) is 57.2 Å². The normalized spacial score (nSPS) is 21.4. The number of hydrogen-bond acceptors (Lipinski definition) is 7. The first-order valence-electron chi connectivity index (χ1n) is 11.5. The SMILES string of the molecule is CC(C)(C)S(=O)(=O)NC1CCC(CNc2ccc(C3=NNNN3c3ccccc3)cc2)CC1. The number of nitrogens with one attached hydrogen (secondary N) is 4. The first-order chi connectivity index (χ1) is 15.7. The third kappa shape index (κ3) is 5.66. The fourth-order valence-electron chi connectivity index (χ4n) is 4.07. The van der Waals surface area contributed by atoms with Gasteiger partial charge in [0.05, 0.1) is 10.4 Å². The molecule has 1 aliphatic heterocycles. The highest BCUT2D eigenvalue weighted by Crippen LogP contribution is 2.27. The van der Waals surface area contributed by atoms with Gasteiger partial charge in [-0.05, 0) is 88.8 Å². The van der Waals surface area contributed by atoms with E-state index in [-0.39, 0.29) is 6.04 Å². The van der Waals surface area contributed by atoms with E-state index in [1.807, 2.05) is 35.3 Å². The summed E-state index contributed by atoms with van der Waals surface area (Å²) < 4.78 is 26.9. The van der Waals surface area contributed by atoms with Crippen LogP contribution >= 0.6 is 0 Å². The summed E-state index contributed by atoms with van der Waals surface area (Å²) in [5, 5.41) is 9.82. The number of para-hydroxylation sites is 1. The molecule has 0 radical (unpaired) electrons. The van der Waals surface area contributed by atoms with Crippen molar-refractivity contribution in [1.29, 1.82) is 0 Å². The fourth-order valence-corrected chi connectivity index (χ4v) is 5.10. The van der Waals surface area contributed by atoms with Crippen LogP contribution in [0.3, 0.4) is 0 Å². The maximum Gasteiger partial charge on any atom is 0.216 e. The highest BCUT2D eigenvalue weighted by atomic mass is 32.2. The van der Waals surface area contributed by atoms with E-state index in [2.05, 4.69) is 50.5 Å². The van der Waals surface area contributed by atoms with Gasteiger partial charge in [-0.3, -0.25) is 0 Å². The predicted molar refractivity (Wildman–Crippen MR) is 134 cm³/mol. The summed E-state index contributed by atoms with van der Waals surface area (Å²) >= 11 is 0. The average molecular weight is 471 g/mol. The van der Waals surface area contributed by atoms with Gasteiger partial charge >= 0.3 is 0 Å². The van der Waals surface area contributed by atoms with Gasteiger partial charge in [0.2, 0.25) is 10.0 Å². The van der Waals surface area contributed by atoms with E-state index in [0.717, 1.165) is 55.0 Å². The van der Waals surface area contributed by atoms with E-state index in [1.165, 1.54) is 0 Å². The number of sulfonamides is 1. The van der Waals surface area contributed by atoms with Crippen molar-refractivity contribution in [3.05, 3.63) is 60.2 Å². The van der Waals surface area contributed by atoms with Crippen molar-refractivity contribution >= 4 is 27.2 Å². The Morgan fingerprint density at radius 3 is 2.30 bits per heavy atom. The number of amidine groups is 1. The molecule has 4 rings (SSSR count). The zero-order valence-electron chi connectivity index (χ0n) is 19.5. The second-order valence-corrected chi connectivity index (χ2v) is 12.2. The summed E-state index contributed by atoms with van der Waals surface area (Å²) in [6, 6.07) is 18.3. The van der Waals surface area contributed by atoms with Crippen molar-refractivity contribution in [2.24, 2.45) is 11.0 Å². The molecule has 1 fully saturated rings. The number of hydrazine groups is 2. The summed E-state index contributed by atoms with van der Waals surface area (Å²) in [5.41, 5.74) is 8.97. The van der Waals surface area contributed by atoms with Crippen LogP contribution in [0.15, 0.2) is 59.7 Å². The van der Waals surface area contributed by atoms with E-state index in [4.69, 9.17) is 0 Å². The summed E-state index contributed by atoms with van der Waals surface area (Å²) in [4.78, 5) is 0. The topological polar surface area (TPSA) is 97.9 Å². The van der Waals surface area contributed by atoms with Gasteiger partial charge in [-0.2, -0.15) is 0 Å². The average Bonchev–Trinajstić information content (AvgIpc) is 3.29. The number of hydrazone groups is 1. The van der Waals surface area contributed by atoms with Gasteiger partial charge in [-0.25, -0.2) is 23.7 Å². The Bertz CT molecular complexity index is 1060. The largest absolute Gasteiger partial charge is 0.385 e. The lowest BCUT2D eigenvalue weighted by molar-refractivity contribution is 0.322. The molecule has 0 bridgehead atoms. The number of anilines is 2. The van der Waals surface area contributed by atoms with Crippen molar-refractivity contribution < 1.29 is 8.42 Å². The van der Waals surface area contributed by atoms with Crippen LogP contribution in [0.1, 0.15) is 52.0 Å². The molecule has 1 aliphatic carbocycles. The first kappa shape index (κ1) is 23.5. The van der Waals surface area contributed by atoms with Crippen LogP contribution in [-0.2, 0) is 10.0 Å². The Kier molecular flexibility index (Phi) is 6.92. The minimum atomic E-state index is -3.29. The smallest absolute Gasteiger partial charge is 0.216 e. The molecule has 33 heavy (non-hydrogen) atoms. The van der Waals surface area contributed by atoms with Gasteiger partial charge < -0.3 is 5.32 Å². The zero-order valence-corrected chi connectivity index (χ0v) is 20.3. The van der Waals surface area contributed by atoms with Gasteiger partial charge in [-0.1, -0.05) is 18.2 Å². The lowest BCUT2D eigenvalue weighted by Gasteiger charge is -2.31. The van der Waals surface area contributed by atoms with Gasteiger partial charge in [0.25, 0.3) is 0 Å². The lowest BCUT2D eigenvalue weighted by Crippen LogP contribution is -2.46. The predicted octanol–water partition coefficient (Wildman–Crippen LogP) is 3.57. The molecule has 9 heteroatoms. The van der Waals surface area contributed by atoms with Crippen LogP contribution in [0.5, 0.6) is 0 Å². The molecule has 0 spiro atoms. The van der Waals surface area contributed by atoms with Crippen molar-refractivity contribution in [2.75, 3.05) is 16.9 Å². The van der Waals surface area contributed by atoms with Crippen LogP contribution in [0, 0.1) is 5.92 Å². The summed E-state index contributed by atoms with van der Waals surface area (Å²) in [5.74, 6) is 1.35. The molecule has 0 saturated heterocycles. The molecule has 0 unspecified atom stereocenters.